The molecule has 2 heterocycles. The Morgan fingerprint density at radius 1 is 1.22 bits per heavy atom. The van der Waals surface area contributed by atoms with Crippen molar-refractivity contribution in [3.05, 3.63) is 64.7 Å². The summed E-state index contributed by atoms with van der Waals surface area (Å²) in [4.78, 5) is 50.4. The highest BCUT2D eigenvalue weighted by Gasteiger charge is 2.48. The molecule has 0 spiro atoms. The summed E-state index contributed by atoms with van der Waals surface area (Å²) >= 11 is 0. The predicted molar refractivity (Wildman–Crippen MR) is 125 cm³/mol. The molecule has 1 atom stereocenters. The minimum Gasteiger partial charge on any atom is -0.490 e. The van der Waals surface area contributed by atoms with Gasteiger partial charge in [-0.25, -0.2) is 0 Å². The lowest BCUT2D eigenvalue weighted by molar-refractivity contribution is -0.147. The van der Waals surface area contributed by atoms with Crippen LogP contribution >= 0.6 is 0 Å². The third-order valence-electron chi connectivity index (χ3n) is 6.16. The van der Waals surface area contributed by atoms with Crippen molar-refractivity contribution < 1.29 is 32.7 Å². The van der Waals surface area contributed by atoms with Crippen LogP contribution in [0.5, 0.6) is 5.75 Å². The second kappa shape index (κ2) is 9.36. The number of benzene rings is 2. The van der Waals surface area contributed by atoms with Gasteiger partial charge in [0.25, 0.3) is 11.8 Å². The molecule has 0 aliphatic carbocycles. The number of nitrogens with zero attached hydrogens (tertiary/aromatic N) is 1. The van der Waals surface area contributed by atoms with Gasteiger partial charge < -0.3 is 15.0 Å². The molecule has 2 radical (unpaired) electrons. The van der Waals surface area contributed by atoms with Crippen molar-refractivity contribution in [1.82, 2.24) is 15.5 Å². The quantitative estimate of drug-likeness (QED) is 0.453. The average molecular weight is 495 g/mol. The molecule has 36 heavy (non-hydrogen) atoms. The third-order valence-corrected chi connectivity index (χ3v) is 6.16. The lowest BCUT2D eigenvalue weighted by Gasteiger charge is -2.40. The normalized spacial score (nSPS) is 19.8. The zero-order valence-corrected chi connectivity index (χ0v) is 19.8. The lowest BCUT2D eigenvalue weighted by Crippen LogP contribution is -2.63. The van der Waals surface area contributed by atoms with E-state index in [0.717, 1.165) is 6.07 Å². The second-order valence-electron chi connectivity index (χ2n) is 9.10. The van der Waals surface area contributed by atoms with Crippen LogP contribution in [0.1, 0.15) is 53.7 Å². The summed E-state index contributed by atoms with van der Waals surface area (Å²) in [5.74, 6) is -7.10. The van der Waals surface area contributed by atoms with Crippen molar-refractivity contribution >= 4 is 31.5 Å². The summed E-state index contributed by atoms with van der Waals surface area (Å²) in [6.45, 7) is 3.18. The summed E-state index contributed by atoms with van der Waals surface area (Å²) in [5.41, 5.74) is -0.891. The van der Waals surface area contributed by atoms with Gasteiger partial charge in [-0.3, -0.25) is 24.5 Å². The number of imide groups is 1. The van der Waals surface area contributed by atoms with Crippen molar-refractivity contribution in [2.45, 2.75) is 57.2 Å². The molecule has 0 bridgehead atoms. The topological polar surface area (TPSA) is 105 Å². The molecule has 0 aromatic heterocycles. The average Bonchev–Trinajstić information content (AvgIpc) is 3.16. The van der Waals surface area contributed by atoms with E-state index in [1.54, 1.807) is 26.0 Å². The standard InChI is InChI=1S/C25H24BF2N3O5/c1-14(2)36-19-6-4-3-5-18(19)25(27,28)23(35)29-12-15-7-8-17-16(11-15)13-31(21(17)33)24(26)10-9-20(32)30-22(24)34/h3-8,11,14H,9-10,12-13H2,1-2H3,(H,29,35)(H,30,32,34). The molecular formula is C25H24BF2N3O5. The molecule has 11 heteroatoms. The Morgan fingerprint density at radius 2 is 1.94 bits per heavy atom. The van der Waals surface area contributed by atoms with Crippen LogP contribution in [0.4, 0.5) is 8.78 Å². The minimum absolute atomic E-state index is 0.000798. The highest BCUT2D eigenvalue weighted by Crippen LogP contribution is 2.36. The number of hydrogen-bond acceptors (Lipinski definition) is 5. The van der Waals surface area contributed by atoms with Crippen LogP contribution in [0.3, 0.4) is 0 Å². The largest absolute Gasteiger partial charge is 0.490 e. The zero-order valence-electron chi connectivity index (χ0n) is 19.8. The van der Waals surface area contributed by atoms with E-state index in [-0.39, 0.29) is 37.8 Å². The van der Waals surface area contributed by atoms with Crippen LogP contribution in [-0.2, 0) is 33.4 Å². The Morgan fingerprint density at radius 3 is 2.64 bits per heavy atom. The smallest absolute Gasteiger partial charge is 0.353 e. The maximum Gasteiger partial charge on any atom is 0.353 e. The molecule has 2 aromatic rings. The molecule has 8 nitrogen and oxygen atoms in total. The van der Waals surface area contributed by atoms with E-state index in [1.807, 2.05) is 0 Å². The van der Waals surface area contributed by atoms with Crippen molar-refractivity contribution in [3.8, 4) is 5.75 Å². The van der Waals surface area contributed by atoms with E-state index in [4.69, 9.17) is 12.6 Å². The Hall–Kier alpha value is -3.76. The van der Waals surface area contributed by atoms with E-state index in [0.29, 0.717) is 16.7 Å². The SMILES string of the molecule is [B]C1(N2Cc3cc(CNC(=O)C(F)(F)c4ccccc4OC(C)C)ccc3C2=O)CCC(=O)NC1=O. The fraction of sp³-hybridized carbons (Fsp3) is 0.360. The van der Waals surface area contributed by atoms with E-state index in [2.05, 4.69) is 10.6 Å². The van der Waals surface area contributed by atoms with Crippen LogP contribution in [-0.4, -0.2) is 47.9 Å². The number of hydrogen-bond donors (Lipinski definition) is 2. The van der Waals surface area contributed by atoms with Gasteiger partial charge in [0.2, 0.25) is 11.8 Å². The molecule has 0 saturated carbocycles. The number of rotatable bonds is 7. The number of fused-ring (bicyclic) bond motifs is 1. The molecule has 2 aromatic carbocycles. The van der Waals surface area contributed by atoms with Gasteiger partial charge in [-0.2, -0.15) is 8.78 Å². The van der Waals surface area contributed by atoms with Crippen LogP contribution in [0.15, 0.2) is 42.5 Å². The zero-order chi connectivity index (χ0) is 26.3. The van der Waals surface area contributed by atoms with Crippen molar-refractivity contribution in [1.29, 1.82) is 0 Å². The summed E-state index contributed by atoms with van der Waals surface area (Å²) in [5, 5.41) is 4.40. The van der Waals surface area contributed by atoms with Gasteiger partial charge in [0.05, 0.1) is 17.1 Å². The monoisotopic (exact) mass is 495 g/mol. The van der Waals surface area contributed by atoms with Crippen LogP contribution in [0.25, 0.3) is 0 Å². The molecule has 4 amide bonds. The molecule has 1 saturated heterocycles. The molecular weight excluding hydrogens is 471 g/mol. The van der Waals surface area contributed by atoms with Gasteiger partial charge in [-0.1, -0.05) is 24.3 Å². The predicted octanol–water partition coefficient (Wildman–Crippen LogP) is 2.14. The number of nitrogens with one attached hydrogen (secondary N) is 2. The van der Waals surface area contributed by atoms with Crippen LogP contribution in [0, 0.1) is 0 Å². The van der Waals surface area contributed by atoms with E-state index in [9.17, 15) is 28.0 Å². The Kier molecular flexibility index (Phi) is 6.59. The third kappa shape index (κ3) is 4.57. The van der Waals surface area contributed by atoms with Gasteiger partial charge in [0.15, 0.2) is 0 Å². The van der Waals surface area contributed by atoms with Crippen molar-refractivity contribution in [2.24, 2.45) is 0 Å². The molecule has 186 valence electrons. The minimum atomic E-state index is -3.84. The number of carbonyl (C=O) groups is 4. The van der Waals surface area contributed by atoms with E-state index in [1.165, 1.54) is 29.2 Å². The lowest BCUT2D eigenvalue weighted by atomic mass is 9.70. The molecule has 4 rings (SSSR count). The number of halogens is 2. The molecule has 1 unspecified atom stereocenters. The number of amides is 4. The van der Waals surface area contributed by atoms with Gasteiger partial charge in [-0.15, -0.1) is 0 Å². The highest BCUT2D eigenvalue weighted by molar-refractivity contribution is 6.32. The number of carbonyl (C=O) groups excluding carboxylic acids is 4. The summed E-state index contributed by atoms with van der Waals surface area (Å²) in [6.07, 6.45) is -0.372. The molecule has 2 aliphatic heterocycles. The first kappa shape index (κ1) is 25.3. The summed E-state index contributed by atoms with van der Waals surface area (Å²) in [6, 6.07) is 10.1. The Labute approximate surface area is 207 Å². The number of para-hydroxylation sites is 1. The van der Waals surface area contributed by atoms with E-state index < -0.39 is 40.6 Å². The van der Waals surface area contributed by atoms with Crippen LogP contribution in [0.2, 0.25) is 0 Å². The maximum absolute atomic E-state index is 15.0. The first-order chi connectivity index (χ1) is 16.9. The maximum atomic E-state index is 15.0. The van der Waals surface area contributed by atoms with E-state index >= 15 is 0 Å². The molecule has 2 aliphatic rings. The number of alkyl halides is 2. The summed E-state index contributed by atoms with van der Waals surface area (Å²) in [7, 11) is 6.21. The molecule has 2 N–H and O–H groups in total. The number of ether oxygens (including phenoxy) is 1. The first-order valence-electron chi connectivity index (χ1n) is 11.4. The second-order valence-corrected chi connectivity index (χ2v) is 9.10. The van der Waals surface area contributed by atoms with Gasteiger partial charge >= 0.3 is 5.92 Å². The van der Waals surface area contributed by atoms with Gasteiger partial charge in [0, 0.05) is 25.1 Å². The summed E-state index contributed by atoms with van der Waals surface area (Å²) < 4.78 is 35.4. The highest BCUT2D eigenvalue weighted by atomic mass is 19.3. The molecule has 1 fully saturated rings. The van der Waals surface area contributed by atoms with Crippen molar-refractivity contribution in [3.63, 3.8) is 0 Å². The van der Waals surface area contributed by atoms with Gasteiger partial charge in [-0.05, 0) is 49.6 Å². The Bertz CT molecular complexity index is 1250. The van der Waals surface area contributed by atoms with Crippen molar-refractivity contribution in [2.75, 3.05) is 0 Å². The van der Waals surface area contributed by atoms with Gasteiger partial charge in [0.1, 0.15) is 13.6 Å². The fourth-order valence-corrected chi connectivity index (χ4v) is 4.28. The number of piperidine rings is 1. The Balaban J connectivity index is 1.47. The fourth-order valence-electron chi connectivity index (χ4n) is 4.28. The van der Waals surface area contributed by atoms with Crippen LogP contribution < -0.4 is 15.4 Å². The first-order valence-corrected chi connectivity index (χ1v) is 11.4.